The molecule has 0 aliphatic heterocycles. The van der Waals surface area contributed by atoms with Gasteiger partial charge in [-0.3, -0.25) is 4.79 Å². The standard InChI is InChI=1S/C21H20N4O3/c1-13-8-14(2)10-18(9-13)25-21-22-11-16(12-23-21)19(26)24-17-6-4-15(5-7-17)20(27)28-3/h4-12H,1-3H3,(H,24,26)(H,22,23,25). The smallest absolute Gasteiger partial charge is 0.337 e. The van der Waals surface area contributed by atoms with E-state index < -0.39 is 5.97 Å². The Hall–Kier alpha value is -3.74. The molecule has 142 valence electrons. The van der Waals surface area contributed by atoms with E-state index in [4.69, 9.17) is 0 Å². The van der Waals surface area contributed by atoms with Crippen LogP contribution in [0.4, 0.5) is 17.3 Å². The Balaban J connectivity index is 1.65. The Labute approximate surface area is 162 Å². The second-order valence-corrected chi connectivity index (χ2v) is 6.32. The molecule has 28 heavy (non-hydrogen) atoms. The lowest BCUT2D eigenvalue weighted by Gasteiger charge is -2.08. The number of aromatic nitrogens is 2. The quantitative estimate of drug-likeness (QED) is 0.657. The number of aryl methyl sites for hydroxylation is 2. The highest BCUT2D eigenvalue weighted by Crippen LogP contribution is 2.17. The van der Waals surface area contributed by atoms with Gasteiger partial charge in [-0.05, 0) is 61.4 Å². The minimum Gasteiger partial charge on any atom is -0.465 e. The number of carbonyl (C=O) groups excluding carboxylic acids is 2. The maximum Gasteiger partial charge on any atom is 0.337 e. The SMILES string of the molecule is COC(=O)c1ccc(NC(=O)c2cnc(Nc3cc(C)cc(C)c3)nc2)cc1. The second kappa shape index (κ2) is 8.30. The first kappa shape index (κ1) is 19.0. The largest absolute Gasteiger partial charge is 0.465 e. The van der Waals surface area contributed by atoms with Gasteiger partial charge in [-0.15, -0.1) is 0 Å². The zero-order chi connectivity index (χ0) is 20.1. The predicted octanol–water partition coefficient (Wildman–Crippen LogP) is 3.88. The molecule has 0 atom stereocenters. The summed E-state index contributed by atoms with van der Waals surface area (Å²) in [5.41, 5.74) is 4.44. The summed E-state index contributed by atoms with van der Waals surface area (Å²) in [6.45, 7) is 4.04. The molecule has 1 heterocycles. The number of ether oxygens (including phenoxy) is 1. The molecule has 1 amide bonds. The van der Waals surface area contributed by atoms with Crippen molar-refractivity contribution in [3.05, 3.63) is 77.1 Å². The van der Waals surface area contributed by atoms with E-state index in [0.717, 1.165) is 16.8 Å². The van der Waals surface area contributed by atoms with Crippen LogP contribution in [0.1, 0.15) is 31.8 Å². The zero-order valence-electron chi connectivity index (χ0n) is 15.8. The number of rotatable bonds is 5. The van der Waals surface area contributed by atoms with Crippen LogP contribution in [0, 0.1) is 13.8 Å². The van der Waals surface area contributed by atoms with Crippen LogP contribution in [0.3, 0.4) is 0 Å². The van der Waals surface area contributed by atoms with Crippen molar-refractivity contribution in [3.8, 4) is 0 Å². The van der Waals surface area contributed by atoms with Crippen molar-refractivity contribution in [2.45, 2.75) is 13.8 Å². The lowest BCUT2D eigenvalue weighted by Crippen LogP contribution is -2.13. The van der Waals surface area contributed by atoms with Crippen molar-refractivity contribution in [3.63, 3.8) is 0 Å². The third-order valence-corrected chi connectivity index (χ3v) is 3.96. The molecular weight excluding hydrogens is 356 g/mol. The van der Waals surface area contributed by atoms with Crippen LogP contribution in [0.15, 0.2) is 54.9 Å². The highest BCUT2D eigenvalue weighted by atomic mass is 16.5. The fourth-order valence-electron chi connectivity index (χ4n) is 2.70. The van der Waals surface area contributed by atoms with Crippen LogP contribution >= 0.6 is 0 Å². The fraction of sp³-hybridized carbons (Fsp3) is 0.143. The van der Waals surface area contributed by atoms with E-state index in [-0.39, 0.29) is 5.91 Å². The summed E-state index contributed by atoms with van der Waals surface area (Å²) < 4.78 is 4.64. The van der Waals surface area contributed by atoms with Crippen LogP contribution in [0.2, 0.25) is 0 Å². The molecule has 1 aromatic heterocycles. The lowest BCUT2D eigenvalue weighted by molar-refractivity contribution is 0.0600. The van der Waals surface area contributed by atoms with E-state index in [2.05, 4.69) is 31.4 Å². The molecule has 0 aliphatic carbocycles. The van der Waals surface area contributed by atoms with Gasteiger partial charge in [0.05, 0.1) is 18.2 Å². The molecule has 0 aliphatic rings. The maximum absolute atomic E-state index is 12.3. The summed E-state index contributed by atoms with van der Waals surface area (Å²) >= 11 is 0. The molecule has 7 nitrogen and oxygen atoms in total. The first-order valence-electron chi connectivity index (χ1n) is 8.62. The number of methoxy groups -OCH3 is 1. The molecule has 0 unspecified atom stereocenters. The summed E-state index contributed by atoms with van der Waals surface area (Å²) in [4.78, 5) is 32.2. The van der Waals surface area contributed by atoms with E-state index in [1.54, 1.807) is 24.3 Å². The molecule has 0 bridgehead atoms. The number of nitrogens with one attached hydrogen (secondary N) is 2. The van der Waals surface area contributed by atoms with Crippen molar-refractivity contribution < 1.29 is 14.3 Å². The molecular formula is C21H20N4O3. The van der Waals surface area contributed by atoms with Crippen molar-refractivity contribution >= 4 is 29.2 Å². The normalized spacial score (nSPS) is 10.2. The van der Waals surface area contributed by atoms with Crippen LogP contribution < -0.4 is 10.6 Å². The Bertz CT molecular complexity index is 979. The van der Waals surface area contributed by atoms with Crippen molar-refractivity contribution in [2.75, 3.05) is 17.7 Å². The Morgan fingerprint density at radius 3 is 2.04 bits per heavy atom. The molecule has 0 spiro atoms. The first-order chi connectivity index (χ1) is 13.4. The molecule has 0 radical (unpaired) electrons. The van der Waals surface area contributed by atoms with Gasteiger partial charge in [-0.2, -0.15) is 0 Å². The molecule has 0 saturated heterocycles. The number of benzene rings is 2. The third-order valence-electron chi connectivity index (χ3n) is 3.96. The number of hydrogen-bond acceptors (Lipinski definition) is 6. The van der Waals surface area contributed by atoms with E-state index in [1.165, 1.54) is 19.5 Å². The minimum atomic E-state index is -0.432. The lowest BCUT2D eigenvalue weighted by atomic mass is 10.1. The van der Waals surface area contributed by atoms with Crippen molar-refractivity contribution in [1.29, 1.82) is 0 Å². The van der Waals surface area contributed by atoms with Gasteiger partial charge in [0.1, 0.15) is 0 Å². The topological polar surface area (TPSA) is 93.2 Å². The number of nitrogens with zero attached hydrogens (tertiary/aromatic N) is 2. The number of esters is 1. The van der Waals surface area contributed by atoms with Gasteiger partial charge in [0.2, 0.25) is 5.95 Å². The predicted molar refractivity (Wildman–Crippen MR) is 107 cm³/mol. The van der Waals surface area contributed by atoms with Gasteiger partial charge in [0, 0.05) is 23.8 Å². The minimum absolute atomic E-state index is 0.322. The van der Waals surface area contributed by atoms with E-state index in [1.807, 2.05) is 26.0 Å². The molecule has 3 aromatic rings. The summed E-state index contributed by atoms with van der Waals surface area (Å²) in [6.07, 6.45) is 2.91. The van der Waals surface area contributed by atoms with Crippen LogP contribution in [0.25, 0.3) is 0 Å². The number of hydrogen-bond donors (Lipinski definition) is 2. The molecule has 0 saturated carbocycles. The highest BCUT2D eigenvalue weighted by Gasteiger charge is 2.10. The zero-order valence-corrected chi connectivity index (χ0v) is 15.8. The van der Waals surface area contributed by atoms with Gasteiger partial charge >= 0.3 is 5.97 Å². The summed E-state index contributed by atoms with van der Waals surface area (Å²) in [5.74, 6) is -0.370. The second-order valence-electron chi connectivity index (χ2n) is 6.32. The molecule has 0 fully saturated rings. The monoisotopic (exact) mass is 376 g/mol. The van der Waals surface area contributed by atoms with E-state index in [0.29, 0.717) is 22.8 Å². The average molecular weight is 376 g/mol. The van der Waals surface area contributed by atoms with Crippen molar-refractivity contribution in [2.24, 2.45) is 0 Å². The van der Waals surface area contributed by atoms with Gasteiger partial charge in [0.15, 0.2) is 0 Å². The Morgan fingerprint density at radius 2 is 1.46 bits per heavy atom. The Morgan fingerprint density at radius 1 is 0.857 bits per heavy atom. The molecule has 2 N–H and O–H groups in total. The van der Waals surface area contributed by atoms with Gasteiger partial charge < -0.3 is 15.4 Å². The number of anilines is 3. The van der Waals surface area contributed by atoms with Crippen LogP contribution in [-0.4, -0.2) is 29.0 Å². The van der Waals surface area contributed by atoms with Gasteiger partial charge in [-0.25, -0.2) is 14.8 Å². The number of carbonyl (C=O) groups is 2. The van der Waals surface area contributed by atoms with Gasteiger partial charge in [-0.1, -0.05) is 6.07 Å². The van der Waals surface area contributed by atoms with Crippen molar-refractivity contribution in [1.82, 2.24) is 9.97 Å². The third kappa shape index (κ3) is 4.70. The summed E-state index contributed by atoms with van der Waals surface area (Å²) in [6, 6.07) is 12.5. The first-order valence-corrected chi connectivity index (χ1v) is 8.62. The number of amides is 1. The molecule has 7 heteroatoms. The van der Waals surface area contributed by atoms with E-state index >= 15 is 0 Å². The van der Waals surface area contributed by atoms with Crippen LogP contribution in [-0.2, 0) is 4.74 Å². The average Bonchev–Trinajstić information content (AvgIpc) is 2.67. The highest BCUT2D eigenvalue weighted by molar-refractivity contribution is 6.04. The molecule has 3 rings (SSSR count). The summed E-state index contributed by atoms with van der Waals surface area (Å²) in [7, 11) is 1.32. The Kier molecular flexibility index (Phi) is 5.64. The maximum atomic E-state index is 12.3. The van der Waals surface area contributed by atoms with Crippen LogP contribution in [0.5, 0.6) is 0 Å². The van der Waals surface area contributed by atoms with Gasteiger partial charge in [0.25, 0.3) is 5.91 Å². The fourth-order valence-corrected chi connectivity index (χ4v) is 2.70. The molecule has 2 aromatic carbocycles. The van der Waals surface area contributed by atoms with E-state index in [9.17, 15) is 9.59 Å². The summed E-state index contributed by atoms with van der Waals surface area (Å²) in [5, 5.41) is 5.86.